The summed E-state index contributed by atoms with van der Waals surface area (Å²) in [5.41, 5.74) is 23.7. The van der Waals surface area contributed by atoms with Crippen LogP contribution >= 0.6 is 0 Å². The number of furan rings is 2. The lowest BCUT2D eigenvalue weighted by Crippen LogP contribution is -2.26. The highest BCUT2D eigenvalue weighted by atomic mass is 16.3. The van der Waals surface area contributed by atoms with Gasteiger partial charge in [0.1, 0.15) is 16.7 Å². The molecular weight excluding hydrogens is 913 g/mol. The van der Waals surface area contributed by atoms with E-state index in [4.69, 9.17) is 8.83 Å². The van der Waals surface area contributed by atoms with Gasteiger partial charge < -0.3 is 18.6 Å². The van der Waals surface area contributed by atoms with Crippen LogP contribution in [-0.4, -0.2) is 0 Å². The maximum Gasteiger partial charge on any atom is 0.160 e. The van der Waals surface area contributed by atoms with Gasteiger partial charge in [-0.3, -0.25) is 0 Å². The summed E-state index contributed by atoms with van der Waals surface area (Å²) in [6, 6.07) is 76.9. The van der Waals surface area contributed by atoms with Crippen molar-refractivity contribution in [2.45, 2.75) is 71.6 Å². The number of benzene rings is 10. The van der Waals surface area contributed by atoms with Gasteiger partial charge >= 0.3 is 0 Å². The fourth-order valence-corrected chi connectivity index (χ4v) is 12.7. The summed E-state index contributed by atoms with van der Waals surface area (Å²) in [6.45, 7) is 15.7. The summed E-state index contributed by atoms with van der Waals surface area (Å²) in [7, 11) is 0. The summed E-state index contributed by atoms with van der Waals surface area (Å²) < 4.78 is 14.9. The smallest absolute Gasteiger partial charge is 0.160 e. The number of para-hydroxylation sites is 2. The Morgan fingerprint density at radius 2 is 0.747 bits per heavy atom. The summed E-state index contributed by atoms with van der Waals surface area (Å²) in [6.07, 6.45) is 0. The Hall–Kier alpha value is -8.60. The molecule has 2 heterocycles. The zero-order valence-electron chi connectivity index (χ0n) is 43.6. The van der Waals surface area contributed by atoms with Crippen LogP contribution in [-0.2, 0) is 5.41 Å². The molecule has 2 aliphatic carbocycles. The van der Waals surface area contributed by atoms with Crippen molar-refractivity contribution in [3.8, 4) is 22.3 Å². The second kappa shape index (κ2) is 17.0. The van der Waals surface area contributed by atoms with Crippen LogP contribution in [0, 0.1) is 6.92 Å². The van der Waals surface area contributed by atoms with E-state index < -0.39 is 5.41 Å². The number of hydrogen-bond acceptors (Lipinski definition) is 4. The molecule has 10 aromatic carbocycles. The number of rotatable bonds is 9. The van der Waals surface area contributed by atoms with E-state index in [1.54, 1.807) is 0 Å². The van der Waals surface area contributed by atoms with Crippen molar-refractivity contribution in [3.05, 3.63) is 251 Å². The van der Waals surface area contributed by atoms with E-state index in [1.807, 2.05) is 0 Å². The molecule has 0 atom stereocenters. The molecule has 75 heavy (non-hydrogen) atoms. The van der Waals surface area contributed by atoms with Gasteiger partial charge in [0.05, 0.1) is 22.2 Å². The number of hydrogen-bond donors (Lipinski definition) is 0. The number of fused-ring (bicyclic) bond motifs is 18. The maximum absolute atomic E-state index is 7.52. The second-order valence-corrected chi connectivity index (χ2v) is 21.8. The Bertz CT molecular complexity index is 4110. The molecule has 0 bridgehead atoms. The average Bonchev–Trinajstić information content (AvgIpc) is 4.37. The monoisotopic (exact) mass is 970 g/mol. The third-order valence-electron chi connectivity index (χ3n) is 16.5. The van der Waals surface area contributed by atoms with Gasteiger partial charge in [-0.05, 0) is 148 Å². The summed E-state index contributed by atoms with van der Waals surface area (Å²) in [5.74, 6) is 1.18. The predicted octanol–water partition coefficient (Wildman–Crippen LogP) is 20.4. The summed E-state index contributed by atoms with van der Waals surface area (Å²) in [4.78, 5) is 4.90. The van der Waals surface area contributed by atoms with Crippen LogP contribution < -0.4 is 9.80 Å². The van der Waals surface area contributed by atoms with Crippen LogP contribution in [0.2, 0.25) is 0 Å². The van der Waals surface area contributed by atoms with Crippen LogP contribution in [0.4, 0.5) is 34.1 Å². The Labute approximate surface area is 439 Å². The molecule has 0 saturated carbocycles. The topological polar surface area (TPSA) is 32.8 Å². The van der Waals surface area contributed by atoms with Crippen LogP contribution in [0.25, 0.3) is 66.1 Å². The van der Waals surface area contributed by atoms with E-state index in [0.717, 1.165) is 89.1 Å². The van der Waals surface area contributed by atoms with Crippen LogP contribution in [0.15, 0.2) is 215 Å². The first-order valence-electron chi connectivity index (χ1n) is 26.7. The predicted molar refractivity (Wildman–Crippen MR) is 314 cm³/mol. The number of nitrogens with zero attached hydrogens (tertiary/aromatic N) is 2. The zero-order valence-corrected chi connectivity index (χ0v) is 43.6. The lowest BCUT2D eigenvalue weighted by atomic mass is 9.70. The Balaban J connectivity index is 1.18. The molecule has 0 radical (unpaired) electrons. The molecule has 0 amide bonds. The fourth-order valence-electron chi connectivity index (χ4n) is 12.7. The molecule has 12 aromatic rings. The van der Waals surface area contributed by atoms with Gasteiger partial charge in [-0.15, -0.1) is 0 Å². The van der Waals surface area contributed by atoms with E-state index in [2.05, 4.69) is 265 Å². The quantitative estimate of drug-likeness (QED) is 0.144. The molecule has 0 unspecified atom stereocenters. The van der Waals surface area contributed by atoms with Gasteiger partial charge in [0.15, 0.2) is 5.58 Å². The standard InChI is InChI=1S/C71H58N2O2/c1-42(2)46-26-34-50(35-27-46)72(51-36-28-47(29-37-51)43(3)4)61-40-60-68(70-65(61)55-18-10-14-22-63(55)75-70)67-59(71(60)57-20-12-8-16-53(57)54-17-9-13-21-58(54)71)41-62(69-66(67)56-19-11-15-23-64(56)74-69)73(49-32-24-45(7)25-33-49)52-38-30-48(31-39-52)44(5)6/h8-44H,1-7H3. The summed E-state index contributed by atoms with van der Waals surface area (Å²) >= 11 is 0. The normalized spacial score (nSPS) is 13.2. The first-order valence-corrected chi connectivity index (χ1v) is 26.7. The highest BCUT2D eigenvalue weighted by Crippen LogP contribution is 2.68. The van der Waals surface area contributed by atoms with E-state index >= 15 is 0 Å². The van der Waals surface area contributed by atoms with E-state index in [0.29, 0.717) is 17.8 Å². The van der Waals surface area contributed by atoms with Crippen LogP contribution in [0.3, 0.4) is 0 Å². The molecular formula is C71H58N2O2. The fraction of sp³-hybridized carbons (Fsp3) is 0.155. The lowest BCUT2D eigenvalue weighted by molar-refractivity contribution is 0.668. The minimum Gasteiger partial charge on any atom is -0.455 e. The molecule has 0 fully saturated rings. The van der Waals surface area contributed by atoms with Gasteiger partial charge in [-0.25, -0.2) is 0 Å². The minimum atomic E-state index is -0.782. The minimum absolute atomic E-state index is 0.393. The molecule has 0 saturated heterocycles. The highest BCUT2D eigenvalue weighted by Gasteiger charge is 2.54. The van der Waals surface area contributed by atoms with Crippen LogP contribution in [0.5, 0.6) is 0 Å². The van der Waals surface area contributed by atoms with Crippen molar-refractivity contribution in [2.75, 3.05) is 9.80 Å². The SMILES string of the molecule is Cc1ccc(N(c2ccc(C(C)C)cc2)c2cc3c(c4c2oc2ccccc24)-c2c(cc(N(c4ccc(C(C)C)cc4)c4ccc(C(C)C)cc4)c4c2oc2ccccc24)C32c3ccccc3-c3ccccc32)cc1. The number of aryl methyl sites for hydroxylation is 1. The lowest BCUT2D eigenvalue weighted by Gasteiger charge is -2.33. The average molecular weight is 971 g/mol. The number of anilines is 6. The molecule has 0 aliphatic heterocycles. The van der Waals surface area contributed by atoms with E-state index in [1.165, 1.54) is 55.6 Å². The van der Waals surface area contributed by atoms with Gasteiger partial charge in [-0.2, -0.15) is 0 Å². The van der Waals surface area contributed by atoms with Crippen LogP contribution in [0.1, 0.15) is 104 Å². The van der Waals surface area contributed by atoms with E-state index in [-0.39, 0.29) is 0 Å². The second-order valence-electron chi connectivity index (χ2n) is 21.8. The molecule has 364 valence electrons. The van der Waals surface area contributed by atoms with Gasteiger partial charge in [-0.1, -0.05) is 181 Å². The summed E-state index contributed by atoms with van der Waals surface area (Å²) in [5, 5.41) is 4.29. The van der Waals surface area contributed by atoms with Crippen molar-refractivity contribution in [3.63, 3.8) is 0 Å². The first-order chi connectivity index (χ1) is 36.6. The molecule has 2 aliphatic rings. The molecule has 2 aromatic heterocycles. The van der Waals surface area contributed by atoms with E-state index in [9.17, 15) is 0 Å². The van der Waals surface area contributed by atoms with Gasteiger partial charge in [0, 0.05) is 50.0 Å². The molecule has 0 N–H and O–H groups in total. The molecule has 14 rings (SSSR count). The highest BCUT2D eigenvalue weighted by molar-refractivity contribution is 6.26. The van der Waals surface area contributed by atoms with Crippen molar-refractivity contribution in [2.24, 2.45) is 0 Å². The third-order valence-corrected chi connectivity index (χ3v) is 16.5. The molecule has 1 spiro atoms. The van der Waals surface area contributed by atoms with Gasteiger partial charge in [0.25, 0.3) is 0 Å². The van der Waals surface area contributed by atoms with Crippen molar-refractivity contribution < 1.29 is 8.83 Å². The van der Waals surface area contributed by atoms with Crippen molar-refractivity contribution >= 4 is 78.0 Å². The maximum atomic E-state index is 7.52. The van der Waals surface area contributed by atoms with Crippen molar-refractivity contribution in [1.29, 1.82) is 0 Å². The zero-order chi connectivity index (χ0) is 50.9. The molecule has 4 nitrogen and oxygen atoms in total. The first kappa shape index (κ1) is 45.0. The third kappa shape index (κ3) is 6.61. The largest absolute Gasteiger partial charge is 0.455 e. The van der Waals surface area contributed by atoms with Crippen molar-refractivity contribution in [1.82, 2.24) is 0 Å². The Morgan fingerprint density at radius 3 is 1.24 bits per heavy atom. The van der Waals surface area contributed by atoms with Gasteiger partial charge in [0.2, 0.25) is 0 Å². The molecule has 4 heteroatoms. The Kier molecular flexibility index (Phi) is 10.2. The Morgan fingerprint density at radius 1 is 0.360 bits per heavy atom.